The summed E-state index contributed by atoms with van der Waals surface area (Å²) >= 11 is 1.58. The van der Waals surface area contributed by atoms with Gasteiger partial charge < -0.3 is 10.5 Å². The second-order valence-electron chi connectivity index (χ2n) is 3.56. The van der Waals surface area contributed by atoms with E-state index in [1.807, 2.05) is 6.92 Å². The van der Waals surface area contributed by atoms with Crippen molar-refractivity contribution in [3.8, 4) is 0 Å². The maximum Gasteiger partial charge on any atom is 0.354 e. The lowest BCUT2D eigenvalue weighted by atomic mass is 10.0. The molecule has 2 aliphatic rings. The molecule has 2 rings (SSSR count). The molecule has 1 unspecified atom stereocenters. The first-order valence-electron chi connectivity index (χ1n) is 4.56. The largest absolute Gasteiger partial charge is 0.464 e. The van der Waals surface area contributed by atoms with Gasteiger partial charge in [0.25, 0.3) is 0 Å². The van der Waals surface area contributed by atoms with Crippen molar-refractivity contribution in [1.29, 1.82) is 0 Å². The minimum atomic E-state index is -0.484. The Morgan fingerprint density at radius 1 is 1.62 bits per heavy atom. The molecule has 2 heterocycles. The first-order valence-corrected chi connectivity index (χ1v) is 5.61. The number of carbonyl (C=O) groups is 2. The maximum atomic E-state index is 11.5. The standard InChI is InChI=1S/C9H12N2O3S.ClH/c1-4-3-15-8-5(10)7(12)11(8)6(4)9(13)14-2;/h5,8H,3,10H2,1-2H3;1H/t5?,8-;/m0./s1. The second kappa shape index (κ2) is 4.65. The molecule has 16 heavy (non-hydrogen) atoms. The number of hydrogen-bond acceptors (Lipinski definition) is 5. The van der Waals surface area contributed by atoms with Crippen LogP contribution in [0, 0.1) is 0 Å². The molecule has 1 fully saturated rings. The van der Waals surface area contributed by atoms with Gasteiger partial charge in [-0.3, -0.25) is 9.69 Å². The molecule has 90 valence electrons. The Labute approximate surface area is 104 Å². The zero-order valence-electron chi connectivity index (χ0n) is 8.93. The fourth-order valence-corrected chi connectivity index (χ4v) is 3.00. The molecule has 0 saturated carbocycles. The Bertz CT molecular complexity index is 372. The van der Waals surface area contributed by atoms with Gasteiger partial charge in [-0.1, -0.05) is 0 Å². The average molecular weight is 265 g/mol. The molecule has 0 aromatic heterocycles. The smallest absolute Gasteiger partial charge is 0.354 e. The van der Waals surface area contributed by atoms with Crippen molar-refractivity contribution in [1.82, 2.24) is 4.90 Å². The van der Waals surface area contributed by atoms with Crippen molar-refractivity contribution in [3.05, 3.63) is 11.3 Å². The number of nitrogens with two attached hydrogens (primary N) is 1. The Kier molecular flexibility index (Phi) is 3.88. The number of β-lactam (4-membered cyclic amide) rings is 1. The number of carbonyl (C=O) groups excluding carboxylic acids is 2. The average Bonchev–Trinajstić information content (AvgIpc) is 2.26. The van der Waals surface area contributed by atoms with Crippen molar-refractivity contribution in [2.24, 2.45) is 5.73 Å². The van der Waals surface area contributed by atoms with Crippen LogP contribution in [-0.2, 0) is 14.3 Å². The lowest BCUT2D eigenvalue weighted by molar-refractivity contribution is -0.149. The van der Waals surface area contributed by atoms with E-state index >= 15 is 0 Å². The summed E-state index contributed by atoms with van der Waals surface area (Å²) in [4.78, 5) is 24.5. The second-order valence-corrected chi connectivity index (χ2v) is 4.66. The van der Waals surface area contributed by atoms with Crippen LogP contribution in [0.4, 0.5) is 0 Å². The van der Waals surface area contributed by atoms with Gasteiger partial charge in [0.2, 0.25) is 5.91 Å². The first kappa shape index (κ1) is 13.3. The van der Waals surface area contributed by atoms with E-state index in [0.717, 1.165) is 5.57 Å². The summed E-state index contributed by atoms with van der Waals surface area (Å²) < 4.78 is 4.66. The van der Waals surface area contributed by atoms with Crippen molar-refractivity contribution >= 4 is 36.0 Å². The van der Waals surface area contributed by atoms with Gasteiger partial charge >= 0.3 is 5.97 Å². The Morgan fingerprint density at radius 2 is 2.25 bits per heavy atom. The summed E-state index contributed by atoms with van der Waals surface area (Å²) in [7, 11) is 1.31. The quantitative estimate of drug-likeness (QED) is 0.537. The number of methoxy groups -OCH3 is 1. The number of amides is 1. The highest BCUT2D eigenvalue weighted by molar-refractivity contribution is 8.00. The molecule has 1 amide bonds. The van der Waals surface area contributed by atoms with Gasteiger partial charge in [0.05, 0.1) is 7.11 Å². The lowest BCUT2D eigenvalue weighted by Gasteiger charge is -2.47. The fourth-order valence-electron chi connectivity index (χ4n) is 1.76. The van der Waals surface area contributed by atoms with Crippen molar-refractivity contribution in [2.75, 3.05) is 12.9 Å². The van der Waals surface area contributed by atoms with E-state index in [9.17, 15) is 9.59 Å². The third-order valence-electron chi connectivity index (χ3n) is 2.58. The summed E-state index contributed by atoms with van der Waals surface area (Å²) in [5.74, 6) is 0.0528. The normalized spacial score (nSPS) is 27.9. The number of esters is 1. The Balaban J connectivity index is 0.00000128. The van der Waals surface area contributed by atoms with E-state index in [1.54, 1.807) is 11.8 Å². The van der Waals surface area contributed by atoms with Crippen LogP contribution in [-0.4, -0.2) is 41.1 Å². The molecule has 0 spiro atoms. The number of hydrogen-bond donors (Lipinski definition) is 1. The van der Waals surface area contributed by atoms with E-state index in [4.69, 9.17) is 5.73 Å². The number of halogens is 1. The van der Waals surface area contributed by atoms with E-state index < -0.39 is 12.0 Å². The van der Waals surface area contributed by atoms with Crippen LogP contribution in [0.1, 0.15) is 6.92 Å². The van der Waals surface area contributed by atoms with E-state index in [2.05, 4.69) is 4.74 Å². The van der Waals surface area contributed by atoms with Gasteiger partial charge in [-0.05, 0) is 12.5 Å². The molecule has 0 radical (unpaired) electrons. The molecule has 0 aromatic carbocycles. The number of thioether (sulfide) groups is 1. The van der Waals surface area contributed by atoms with E-state index in [1.165, 1.54) is 12.0 Å². The molecule has 0 bridgehead atoms. The molecule has 0 aromatic rings. The van der Waals surface area contributed by atoms with Gasteiger partial charge in [-0.25, -0.2) is 4.79 Å². The highest BCUT2D eigenvalue weighted by Crippen LogP contribution is 2.39. The summed E-state index contributed by atoms with van der Waals surface area (Å²) in [6.07, 6.45) is 0. The molecule has 5 nitrogen and oxygen atoms in total. The predicted octanol–water partition coefficient (Wildman–Crippen LogP) is 0.0976. The summed E-state index contributed by atoms with van der Waals surface area (Å²) in [6.45, 7) is 1.83. The third-order valence-corrected chi connectivity index (χ3v) is 4.02. The van der Waals surface area contributed by atoms with E-state index in [-0.39, 0.29) is 23.7 Å². The van der Waals surface area contributed by atoms with Crippen LogP contribution in [0.2, 0.25) is 0 Å². The molecule has 1 saturated heterocycles. The minimum Gasteiger partial charge on any atom is -0.464 e. The van der Waals surface area contributed by atoms with Crippen LogP contribution in [0.15, 0.2) is 11.3 Å². The first-order chi connectivity index (χ1) is 7.07. The van der Waals surface area contributed by atoms with Crippen molar-refractivity contribution < 1.29 is 14.3 Å². The van der Waals surface area contributed by atoms with Crippen molar-refractivity contribution in [3.63, 3.8) is 0 Å². The van der Waals surface area contributed by atoms with Gasteiger partial charge in [0.1, 0.15) is 17.1 Å². The third kappa shape index (κ3) is 1.70. The maximum absolute atomic E-state index is 11.5. The highest BCUT2D eigenvalue weighted by atomic mass is 35.5. The molecular weight excluding hydrogens is 252 g/mol. The molecule has 2 N–H and O–H groups in total. The molecule has 2 aliphatic heterocycles. The SMILES string of the molecule is COC(=O)C1=C(C)CS[C@H]2C(N)C(=O)N12.Cl. The predicted molar refractivity (Wildman–Crippen MR) is 63.0 cm³/mol. The minimum absolute atomic E-state index is 0. The summed E-state index contributed by atoms with van der Waals surface area (Å²) in [5, 5.41) is -0.102. The fraction of sp³-hybridized carbons (Fsp3) is 0.556. The van der Waals surface area contributed by atoms with Crippen LogP contribution in [0.3, 0.4) is 0 Å². The zero-order chi connectivity index (χ0) is 11.2. The van der Waals surface area contributed by atoms with Crippen LogP contribution >= 0.6 is 24.2 Å². The number of rotatable bonds is 1. The highest BCUT2D eigenvalue weighted by Gasteiger charge is 2.51. The van der Waals surface area contributed by atoms with Gasteiger partial charge in [0.15, 0.2) is 0 Å². The monoisotopic (exact) mass is 264 g/mol. The van der Waals surface area contributed by atoms with Gasteiger partial charge in [-0.15, -0.1) is 24.2 Å². The van der Waals surface area contributed by atoms with Crippen LogP contribution in [0.25, 0.3) is 0 Å². The topological polar surface area (TPSA) is 72.6 Å². The Hall–Kier alpha value is -0.720. The Morgan fingerprint density at radius 3 is 2.81 bits per heavy atom. The lowest BCUT2D eigenvalue weighted by Crippen LogP contribution is -2.68. The number of ether oxygens (including phenoxy) is 1. The summed E-state index contributed by atoms with van der Waals surface area (Å²) in [5.41, 5.74) is 6.87. The van der Waals surface area contributed by atoms with E-state index in [0.29, 0.717) is 11.4 Å². The summed E-state index contributed by atoms with van der Waals surface area (Å²) in [6, 6.07) is -0.484. The number of fused-ring (bicyclic) bond motifs is 1. The van der Waals surface area contributed by atoms with Gasteiger partial charge in [-0.2, -0.15) is 0 Å². The van der Waals surface area contributed by atoms with Gasteiger partial charge in [0, 0.05) is 5.75 Å². The molecule has 7 heteroatoms. The molecular formula is C9H13ClN2O3S. The van der Waals surface area contributed by atoms with Crippen molar-refractivity contribution in [2.45, 2.75) is 18.3 Å². The van der Waals surface area contributed by atoms with Crippen LogP contribution in [0.5, 0.6) is 0 Å². The molecule has 2 atom stereocenters. The van der Waals surface area contributed by atoms with Crippen LogP contribution < -0.4 is 5.73 Å². The molecule has 0 aliphatic carbocycles. The zero-order valence-corrected chi connectivity index (χ0v) is 10.6. The number of nitrogens with zero attached hydrogens (tertiary/aromatic N) is 1.